The Bertz CT molecular complexity index is 992. The summed E-state index contributed by atoms with van der Waals surface area (Å²) in [4.78, 5) is 40.5. The lowest BCUT2D eigenvalue weighted by molar-refractivity contribution is -0.131. The van der Waals surface area contributed by atoms with Crippen LogP contribution in [-0.2, 0) is 4.79 Å². The Morgan fingerprint density at radius 2 is 1.70 bits per heavy atom. The summed E-state index contributed by atoms with van der Waals surface area (Å²) in [6.07, 6.45) is 2.00. The Balaban J connectivity index is 1.45. The number of rotatable bonds is 8. The van der Waals surface area contributed by atoms with E-state index >= 15 is 0 Å². The molecule has 1 N–H and O–H groups in total. The largest absolute Gasteiger partial charge is 0.494 e. The smallest absolute Gasteiger partial charge is 0.257 e. The van der Waals surface area contributed by atoms with E-state index in [9.17, 15) is 18.8 Å². The van der Waals surface area contributed by atoms with Crippen LogP contribution < -0.4 is 10.1 Å². The number of unbranched alkanes of at least 4 members (excludes halogenated alkanes) is 1. The quantitative estimate of drug-likeness (QED) is 0.594. The average molecular weight is 476 g/mol. The van der Waals surface area contributed by atoms with Crippen LogP contribution in [0.25, 0.3) is 0 Å². The Hall–Kier alpha value is -3.13. The molecule has 7 nitrogen and oxygen atoms in total. The fourth-order valence-electron chi connectivity index (χ4n) is 3.40. The predicted octanol–water partition coefficient (Wildman–Crippen LogP) is 3.37. The highest BCUT2D eigenvalue weighted by Crippen LogP contribution is 2.18. The number of nitrogens with zero attached hydrogens (tertiary/aromatic N) is 2. The van der Waals surface area contributed by atoms with E-state index in [1.54, 1.807) is 29.2 Å². The summed E-state index contributed by atoms with van der Waals surface area (Å²) < 4.78 is 19.5. The minimum Gasteiger partial charge on any atom is -0.494 e. The molecule has 0 saturated carbocycles. The predicted molar refractivity (Wildman–Crippen MR) is 123 cm³/mol. The molecular weight excluding hydrogens is 449 g/mol. The average Bonchev–Trinajstić information content (AvgIpc) is 2.84. The highest BCUT2D eigenvalue weighted by Gasteiger charge is 2.26. The molecule has 0 bridgehead atoms. The number of hydrogen-bond donors (Lipinski definition) is 1. The molecule has 1 aliphatic rings. The molecule has 2 aromatic rings. The standard InChI is InChI=1S/C24H27ClFN3O4/c1-2-3-14-33-19-7-4-17(5-8-19)23(31)27-16-22(30)28-10-12-29(13-11-28)24(32)20-15-18(25)6-9-21(20)26/h4-9,15H,2-3,10-14,16H2,1H3,(H,27,31). The van der Waals surface area contributed by atoms with E-state index < -0.39 is 11.7 Å². The summed E-state index contributed by atoms with van der Waals surface area (Å²) in [6, 6.07) is 10.6. The number of piperazine rings is 1. The van der Waals surface area contributed by atoms with Crippen molar-refractivity contribution in [2.45, 2.75) is 19.8 Å². The summed E-state index contributed by atoms with van der Waals surface area (Å²) in [6.45, 7) is 3.69. The van der Waals surface area contributed by atoms with E-state index in [1.165, 1.54) is 17.0 Å². The van der Waals surface area contributed by atoms with Crippen molar-refractivity contribution >= 4 is 29.3 Å². The normalized spacial score (nSPS) is 13.5. The summed E-state index contributed by atoms with van der Waals surface area (Å²) in [5, 5.41) is 2.91. The summed E-state index contributed by atoms with van der Waals surface area (Å²) in [5.74, 6) is -0.998. The van der Waals surface area contributed by atoms with Gasteiger partial charge in [-0.25, -0.2) is 4.39 Å². The van der Waals surface area contributed by atoms with Crippen molar-refractivity contribution in [3.63, 3.8) is 0 Å². The first-order chi connectivity index (χ1) is 15.9. The maximum atomic E-state index is 14.0. The lowest BCUT2D eigenvalue weighted by Crippen LogP contribution is -2.52. The molecule has 0 aliphatic carbocycles. The molecule has 176 valence electrons. The van der Waals surface area contributed by atoms with Gasteiger partial charge >= 0.3 is 0 Å². The Labute approximate surface area is 197 Å². The molecule has 3 rings (SSSR count). The number of halogens is 2. The third kappa shape index (κ3) is 6.68. The molecule has 1 fully saturated rings. The van der Waals surface area contributed by atoms with Crippen molar-refractivity contribution in [3.05, 3.63) is 64.4 Å². The van der Waals surface area contributed by atoms with E-state index in [2.05, 4.69) is 12.2 Å². The Morgan fingerprint density at radius 1 is 1.03 bits per heavy atom. The first-order valence-electron chi connectivity index (χ1n) is 10.9. The molecule has 3 amide bonds. The van der Waals surface area contributed by atoms with Gasteiger partial charge in [-0.05, 0) is 48.9 Å². The van der Waals surface area contributed by atoms with Gasteiger partial charge in [0, 0.05) is 36.8 Å². The van der Waals surface area contributed by atoms with E-state index in [0.29, 0.717) is 31.0 Å². The van der Waals surface area contributed by atoms with Gasteiger partial charge in [0.05, 0.1) is 18.7 Å². The maximum Gasteiger partial charge on any atom is 0.257 e. The van der Waals surface area contributed by atoms with Gasteiger partial charge in [-0.15, -0.1) is 0 Å². The van der Waals surface area contributed by atoms with E-state index in [4.69, 9.17) is 16.3 Å². The third-order valence-corrected chi connectivity index (χ3v) is 5.60. The zero-order valence-corrected chi connectivity index (χ0v) is 19.2. The first-order valence-corrected chi connectivity index (χ1v) is 11.3. The van der Waals surface area contributed by atoms with Crippen molar-refractivity contribution < 1.29 is 23.5 Å². The van der Waals surface area contributed by atoms with Gasteiger partial charge in [-0.2, -0.15) is 0 Å². The number of carbonyl (C=O) groups is 3. The number of amides is 3. The molecule has 0 unspecified atom stereocenters. The number of nitrogens with one attached hydrogen (secondary N) is 1. The SMILES string of the molecule is CCCCOc1ccc(C(=O)NCC(=O)N2CCN(C(=O)c3cc(Cl)ccc3F)CC2)cc1. The third-order valence-electron chi connectivity index (χ3n) is 5.36. The lowest BCUT2D eigenvalue weighted by atomic mass is 10.1. The molecule has 2 aromatic carbocycles. The van der Waals surface area contributed by atoms with Crippen LogP contribution in [0.4, 0.5) is 4.39 Å². The van der Waals surface area contributed by atoms with Crippen LogP contribution in [0.2, 0.25) is 5.02 Å². The number of ether oxygens (including phenoxy) is 1. The minimum absolute atomic E-state index is 0.0867. The fraction of sp³-hybridized carbons (Fsp3) is 0.375. The molecule has 0 spiro atoms. The Kier molecular flexibility index (Phi) is 8.65. The summed E-state index contributed by atoms with van der Waals surface area (Å²) in [5.41, 5.74) is 0.348. The summed E-state index contributed by atoms with van der Waals surface area (Å²) in [7, 11) is 0. The second kappa shape index (κ2) is 11.7. The van der Waals surface area contributed by atoms with Crippen molar-refractivity contribution in [2.75, 3.05) is 39.3 Å². The highest BCUT2D eigenvalue weighted by molar-refractivity contribution is 6.31. The summed E-state index contributed by atoms with van der Waals surface area (Å²) >= 11 is 5.87. The van der Waals surface area contributed by atoms with E-state index in [-0.39, 0.29) is 42.0 Å². The number of hydrogen-bond acceptors (Lipinski definition) is 4. The molecule has 1 aliphatic heterocycles. The van der Waals surface area contributed by atoms with Gasteiger partial charge in [0.25, 0.3) is 11.8 Å². The van der Waals surface area contributed by atoms with Crippen LogP contribution in [-0.4, -0.2) is 66.9 Å². The lowest BCUT2D eigenvalue weighted by Gasteiger charge is -2.35. The van der Waals surface area contributed by atoms with E-state index in [1.807, 2.05) is 0 Å². The minimum atomic E-state index is -0.633. The molecular formula is C24H27ClFN3O4. The number of carbonyl (C=O) groups excluding carboxylic acids is 3. The molecule has 1 heterocycles. The molecule has 0 radical (unpaired) electrons. The van der Waals surface area contributed by atoms with E-state index in [0.717, 1.165) is 18.9 Å². The molecule has 9 heteroatoms. The second-order valence-corrected chi connectivity index (χ2v) is 8.14. The van der Waals surface area contributed by atoms with Crippen LogP contribution in [0.1, 0.15) is 40.5 Å². The van der Waals surface area contributed by atoms with Crippen LogP contribution in [0.15, 0.2) is 42.5 Å². The maximum absolute atomic E-state index is 14.0. The first kappa shape index (κ1) is 24.5. The fourth-order valence-corrected chi connectivity index (χ4v) is 3.57. The zero-order chi connectivity index (χ0) is 23.8. The van der Waals surface area contributed by atoms with Crippen molar-refractivity contribution in [1.29, 1.82) is 0 Å². The van der Waals surface area contributed by atoms with Crippen LogP contribution >= 0.6 is 11.6 Å². The van der Waals surface area contributed by atoms with Gasteiger partial charge in [0.2, 0.25) is 5.91 Å². The van der Waals surface area contributed by atoms with Crippen molar-refractivity contribution in [2.24, 2.45) is 0 Å². The van der Waals surface area contributed by atoms with Gasteiger partial charge in [-0.3, -0.25) is 14.4 Å². The molecule has 1 saturated heterocycles. The van der Waals surface area contributed by atoms with Gasteiger partial charge in [0.15, 0.2) is 0 Å². The van der Waals surface area contributed by atoms with Crippen molar-refractivity contribution in [1.82, 2.24) is 15.1 Å². The molecule has 0 atom stereocenters. The Morgan fingerprint density at radius 3 is 2.36 bits per heavy atom. The molecule has 0 aromatic heterocycles. The highest BCUT2D eigenvalue weighted by atomic mass is 35.5. The zero-order valence-electron chi connectivity index (χ0n) is 18.5. The van der Waals surface area contributed by atoms with Crippen LogP contribution in [0.5, 0.6) is 5.75 Å². The van der Waals surface area contributed by atoms with Crippen LogP contribution in [0, 0.1) is 5.82 Å². The van der Waals surface area contributed by atoms with Crippen molar-refractivity contribution in [3.8, 4) is 5.75 Å². The van der Waals surface area contributed by atoms with Crippen LogP contribution in [0.3, 0.4) is 0 Å². The second-order valence-electron chi connectivity index (χ2n) is 7.71. The molecule has 33 heavy (non-hydrogen) atoms. The topological polar surface area (TPSA) is 79.0 Å². The van der Waals surface area contributed by atoms with Gasteiger partial charge in [0.1, 0.15) is 11.6 Å². The van der Waals surface area contributed by atoms with Gasteiger partial charge in [-0.1, -0.05) is 24.9 Å². The van der Waals surface area contributed by atoms with Gasteiger partial charge < -0.3 is 19.9 Å². The number of benzene rings is 2. The monoisotopic (exact) mass is 475 g/mol.